The molecule has 2 heteroatoms. The summed E-state index contributed by atoms with van der Waals surface area (Å²) in [6.07, 6.45) is 6.45. The fourth-order valence-electron chi connectivity index (χ4n) is 1.83. The molecule has 0 saturated heterocycles. The molecule has 1 aromatic heterocycles. The molecule has 1 aromatic rings. The van der Waals surface area contributed by atoms with Crippen molar-refractivity contribution >= 4 is 0 Å². The third kappa shape index (κ3) is 5.36. The second-order valence-corrected chi connectivity index (χ2v) is 4.85. The fourth-order valence-corrected chi connectivity index (χ4v) is 1.83. The summed E-state index contributed by atoms with van der Waals surface area (Å²) in [5.41, 5.74) is 0. The number of hydrogen-bond donors (Lipinski definition) is 1. The summed E-state index contributed by atoms with van der Waals surface area (Å²) in [6, 6.07) is 4.20. The maximum atomic E-state index is 8.65. The largest absolute Gasteiger partial charge is 0.466 e. The lowest BCUT2D eigenvalue weighted by atomic mass is 10.1. The Balaban J connectivity index is 2.19. The summed E-state index contributed by atoms with van der Waals surface area (Å²) in [7, 11) is 0. The van der Waals surface area contributed by atoms with Gasteiger partial charge in [-0.15, -0.1) is 0 Å². The molecule has 0 saturated carbocycles. The van der Waals surface area contributed by atoms with Crippen LogP contribution in [-0.4, -0.2) is 11.7 Å². The zero-order chi connectivity index (χ0) is 11.8. The zero-order valence-electron chi connectivity index (χ0n) is 10.5. The Bertz CT molecular complexity index is 276. The third-order valence-electron chi connectivity index (χ3n) is 2.66. The van der Waals surface area contributed by atoms with Gasteiger partial charge < -0.3 is 9.52 Å². The van der Waals surface area contributed by atoms with Crippen LogP contribution in [0, 0.1) is 5.92 Å². The maximum Gasteiger partial charge on any atom is 0.104 e. The molecule has 0 aliphatic rings. The molecule has 0 aliphatic heterocycles. The number of aliphatic hydroxyl groups excluding tert-OH is 1. The number of rotatable bonds is 8. The summed E-state index contributed by atoms with van der Waals surface area (Å²) in [4.78, 5) is 0. The standard InChI is InChI=1S/C14H24O2/c1-12(2)11-14-9-8-13(16-14)7-5-3-4-6-10-15/h8-9,12,15H,3-7,10-11H2,1-2H3. The van der Waals surface area contributed by atoms with Crippen molar-refractivity contribution in [1.29, 1.82) is 0 Å². The van der Waals surface area contributed by atoms with E-state index in [2.05, 4.69) is 26.0 Å². The van der Waals surface area contributed by atoms with E-state index in [1.165, 1.54) is 6.42 Å². The summed E-state index contributed by atoms with van der Waals surface area (Å²) >= 11 is 0. The van der Waals surface area contributed by atoms with Crippen LogP contribution in [0.3, 0.4) is 0 Å². The fraction of sp³-hybridized carbons (Fsp3) is 0.714. The van der Waals surface area contributed by atoms with E-state index in [4.69, 9.17) is 9.52 Å². The molecule has 0 fully saturated rings. The highest BCUT2D eigenvalue weighted by atomic mass is 16.3. The van der Waals surface area contributed by atoms with Crippen LogP contribution in [0.25, 0.3) is 0 Å². The van der Waals surface area contributed by atoms with E-state index in [0.29, 0.717) is 12.5 Å². The van der Waals surface area contributed by atoms with Gasteiger partial charge in [-0.05, 0) is 30.9 Å². The van der Waals surface area contributed by atoms with Gasteiger partial charge in [0.1, 0.15) is 11.5 Å². The van der Waals surface area contributed by atoms with Crippen molar-refractivity contribution in [3.05, 3.63) is 23.7 Å². The van der Waals surface area contributed by atoms with Gasteiger partial charge in [0.05, 0.1) is 0 Å². The normalized spacial score (nSPS) is 11.2. The summed E-state index contributed by atoms with van der Waals surface area (Å²) in [5.74, 6) is 2.88. The maximum absolute atomic E-state index is 8.65. The lowest BCUT2D eigenvalue weighted by Gasteiger charge is -2.00. The highest BCUT2D eigenvalue weighted by Crippen LogP contribution is 2.15. The van der Waals surface area contributed by atoms with Crippen molar-refractivity contribution in [3.8, 4) is 0 Å². The van der Waals surface area contributed by atoms with Gasteiger partial charge in [0.25, 0.3) is 0 Å². The molecule has 1 heterocycles. The van der Waals surface area contributed by atoms with Gasteiger partial charge in [0.2, 0.25) is 0 Å². The van der Waals surface area contributed by atoms with Crippen molar-refractivity contribution in [1.82, 2.24) is 0 Å². The topological polar surface area (TPSA) is 33.4 Å². The Kier molecular flexibility index (Phi) is 6.24. The van der Waals surface area contributed by atoms with Crippen molar-refractivity contribution in [2.75, 3.05) is 6.61 Å². The van der Waals surface area contributed by atoms with Crippen LogP contribution in [0.2, 0.25) is 0 Å². The minimum absolute atomic E-state index is 0.319. The smallest absolute Gasteiger partial charge is 0.104 e. The lowest BCUT2D eigenvalue weighted by molar-refractivity contribution is 0.282. The van der Waals surface area contributed by atoms with Crippen LogP contribution in [0.15, 0.2) is 16.5 Å². The number of aliphatic hydroxyl groups is 1. The van der Waals surface area contributed by atoms with Gasteiger partial charge in [-0.3, -0.25) is 0 Å². The number of unbranched alkanes of at least 4 members (excludes halogenated alkanes) is 3. The van der Waals surface area contributed by atoms with Crippen LogP contribution in [0.4, 0.5) is 0 Å². The minimum atomic E-state index is 0.319. The first-order valence-electron chi connectivity index (χ1n) is 6.41. The van der Waals surface area contributed by atoms with E-state index in [1.807, 2.05) is 0 Å². The molecule has 0 atom stereocenters. The highest BCUT2D eigenvalue weighted by molar-refractivity contribution is 5.07. The highest BCUT2D eigenvalue weighted by Gasteiger charge is 2.04. The van der Waals surface area contributed by atoms with E-state index in [9.17, 15) is 0 Å². The molecule has 1 N–H and O–H groups in total. The van der Waals surface area contributed by atoms with Crippen molar-refractivity contribution in [2.24, 2.45) is 5.92 Å². The molecule has 0 aliphatic carbocycles. The molecule has 2 nitrogen and oxygen atoms in total. The average Bonchev–Trinajstić information content (AvgIpc) is 2.64. The molecule has 0 spiro atoms. The third-order valence-corrected chi connectivity index (χ3v) is 2.66. The van der Waals surface area contributed by atoms with Crippen molar-refractivity contribution < 1.29 is 9.52 Å². The van der Waals surface area contributed by atoms with E-state index < -0.39 is 0 Å². The van der Waals surface area contributed by atoms with Crippen LogP contribution in [0.5, 0.6) is 0 Å². The summed E-state index contributed by atoms with van der Waals surface area (Å²) < 4.78 is 5.75. The Hall–Kier alpha value is -0.760. The van der Waals surface area contributed by atoms with Crippen LogP contribution in [-0.2, 0) is 12.8 Å². The first-order chi connectivity index (χ1) is 7.72. The molecule has 0 unspecified atom stereocenters. The van der Waals surface area contributed by atoms with E-state index in [1.54, 1.807) is 0 Å². The van der Waals surface area contributed by atoms with Crippen molar-refractivity contribution in [3.63, 3.8) is 0 Å². The molecule has 16 heavy (non-hydrogen) atoms. The van der Waals surface area contributed by atoms with Crippen LogP contribution < -0.4 is 0 Å². The molecule has 0 amide bonds. The molecule has 0 radical (unpaired) electrons. The van der Waals surface area contributed by atoms with Crippen molar-refractivity contribution in [2.45, 2.75) is 52.4 Å². The summed E-state index contributed by atoms with van der Waals surface area (Å²) in [6.45, 7) is 4.73. The van der Waals surface area contributed by atoms with Crippen LogP contribution >= 0.6 is 0 Å². The van der Waals surface area contributed by atoms with Gasteiger partial charge in [-0.2, -0.15) is 0 Å². The molecule has 92 valence electrons. The Morgan fingerprint density at radius 2 is 1.75 bits per heavy atom. The second-order valence-electron chi connectivity index (χ2n) is 4.85. The van der Waals surface area contributed by atoms with Gasteiger partial charge in [-0.1, -0.05) is 26.7 Å². The zero-order valence-corrected chi connectivity index (χ0v) is 10.5. The van der Waals surface area contributed by atoms with Gasteiger partial charge in [-0.25, -0.2) is 0 Å². The SMILES string of the molecule is CC(C)Cc1ccc(CCCCCCO)o1. The average molecular weight is 224 g/mol. The van der Waals surface area contributed by atoms with Gasteiger partial charge in [0, 0.05) is 19.4 Å². The van der Waals surface area contributed by atoms with E-state index in [0.717, 1.165) is 43.6 Å². The van der Waals surface area contributed by atoms with Crippen LogP contribution in [0.1, 0.15) is 51.1 Å². The number of hydrogen-bond acceptors (Lipinski definition) is 2. The lowest BCUT2D eigenvalue weighted by Crippen LogP contribution is -1.91. The number of furan rings is 1. The summed E-state index contributed by atoms with van der Waals surface area (Å²) in [5, 5.41) is 8.65. The molecule has 1 rings (SSSR count). The molecular formula is C14H24O2. The van der Waals surface area contributed by atoms with Gasteiger partial charge >= 0.3 is 0 Å². The molecule has 0 aromatic carbocycles. The number of aryl methyl sites for hydroxylation is 1. The Labute approximate surface area is 98.7 Å². The van der Waals surface area contributed by atoms with E-state index >= 15 is 0 Å². The second kappa shape index (κ2) is 7.50. The first kappa shape index (κ1) is 13.3. The Morgan fingerprint density at radius 1 is 1.06 bits per heavy atom. The first-order valence-corrected chi connectivity index (χ1v) is 6.41. The predicted molar refractivity (Wildman–Crippen MR) is 66.5 cm³/mol. The van der Waals surface area contributed by atoms with E-state index in [-0.39, 0.29) is 0 Å². The molecular weight excluding hydrogens is 200 g/mol. The molecule has 0 bridgehead atoms. The minimum Gasteiger partial charge on any atom is -0.466 e. The van der Waals surface area contributed by atoms with Gasteiger partial charge in [0.15, 0.2) is 0 Å². The monoisotopic (exact) mass is 224 g/mol. The quantitative estimate of drug-likeness (QED) is 0.685. The predicted octanol–water partition coefficient (Wildman–Crippen LogP) is 3.57. The Morgan fingerprint density at radius 3 is 2.44 bits per heavy atom.